The molecule has 0 spiro atoms. The Hall–Kier alpha value is -2.85. The van der Waals surface area contributed by atoms with Gasteiger partial charge in [0.05, 0.1) is 12.7 Å². The summed E-state index contributed by atoms with van der Waals surface area (Å²) >= 11 is 11.2. The van der Waals surface area contributed by atoms with Gasteiger partial charge in [-0.1, -0.05) is 48.0 Å². The number of nitrogens with zero attached hydrogens (tertiary/aromatic N) is 1. The number of fused-ring (bicyclic) bond motifs is 1. The summed E-state index contributed by atoms with van der Waals surface area (Å²) < 4.78 is 82.3. The Bertz CT molecular complexity index is 1700. The van der Waals surface area contributed by atoms with Crippen LogP contribution in [0.2, 0.25) is 5.02 Å². The van der Waals surface area contributed by atoms with E-state index in [4.69, 9.17) is 41.9 Å². The fraction of sp³-hybridized carbons (Fsp3) is 0.423. The number of rotatable bonds is 11. The fourth-order valence-corrected chi connectivity index (χ4v) is 6.90. The SMILES string of the molecule is CC(C)OC(=O)C(C)NP(=S)(OCC1(C(F)F)OC(n2cc(Cl)c(=O)[nH]c2=O)C(O)C1(F)F)Oc1cccc2ccccc12. The van der Waals surface area contributed by atoms with Crippen molar-refractivity contribution in [2.45, 2.75) is 63.2 Å². The monoisotopic (exact) mass is 683 g/mol. The second kappa shape index (κ2) is 12.9. The average Bonchev–Trinajstić information content (AvgIpc) is 3.15. The van der Waals surface area contributed by atoms with Gasteiger partial charge in [-0.3, -0.25) is 19.1 Å². The number of carbonyl (C=O) groups excluding carboxylic acids is 1. The molecule has 1 aliphatic rings. The summed E-state index contributed by atoms with van der Waals surface area (Å²) in [5, 5.41) is 13.5. The minimum atomic E-state index is -4.77. The Labute approximate surface area is 257 Å². The van der Waals surface area contributed by atoms with E-state index in [0.717, 1.165) is 0 Å². The molecule has 240 valence electrons. The van der Waals surface area contributed by atoms with Crippen molar-refractivity contribution in [2.24, 2.45) is 0 Å². The number of aromatic amines is 1. The number of H-pyrrole nitrogens is 1. The topological polar surface area (TPSA) is 141 Å². The van der Waals surface area contributed by atoms with Gasteiger partial charge in [0.1, 0.15) is 16.8 Å². The molecule has 0 radical (unpaired) electrons. The quantitative estimate of drug-likeness (QED) is 0.154. The zero-order chi connectivity index (χ0) is 32.6. The lowest BCUT2D eigenvalue weighted by Crippen LogP contribution is -2.57. The van der Waals surface area contributed by atoms with Crippen LogP contribution in [0.4, 0.5) is 17.6 Å². The molecule has 0 aliphatic carbocycles. The molecule has 5 atom stereocenters. The first-order valence-corrected chi connectivity index (χ1v) is 16.0. The highest BCUT2D eigenvalue weighted by Gasteiger charge is 2.74. The molecule has 1 aromatic heterocycles. The highest BCUT2D eigenvalue weighted by molar-refractivity contribution is 8.09. The van der Waals surface area contributed by atoms with Crippen LogP contribution in [0.15, 0.2) is 58.3 Å². The fourth-order valence-electron chi connectivity index (χ4n) is 4.34. The molecule has 0 bridgehead atoms. The van der Waals surface area contributed by atoms with Gasteiger partial charge in [-0.25, -0.2) is 18.7 Å². The van der Waals surface area contributed by atoms with Crippen LogP contribution in [0.1, 0.15) is 27.0 Å². The number of hydrogen-bond acceptors (Lipinski definition) is 9. The minimum absolute atomic E-state index is 0.0842. The van der Waals surface area contributed by atoms with Gasteiger partial charge in [0, 0.05) is 11.6 Å². The number of esters is 1. The number of alkyl halides is 4. The van der Waals surface area contributed by atoms with Gasteiger partial charge >= 0.3 is 24.2 Å². The Kier molecular flexibility index (Phi) is 9.95. The van der Waals surface area contributed by atoms with Crippen LogP contribution in [0.25, 0.3) is 10.8 Å². The van der Waals surface area contributed by atoms with Crippen molar-refractivity contribution in [1.29, 1.82) is 0 Å². The van der Waals surface area contributed by atoms with E-state index in [1.165, 1.54) is 13.0 Å². The highest BCUT2D eigenvalue weighted by atomic mass is 35.5. The Balaban J connectivity index is 1.73. The number of aliphatic hydroxyl groups is 1. The summed E-state index contributed by atoms with van der Waals surface area (Å²) in [6.45, 7) is -1.41. The van der Waals surface area contributed by atoms with Crippen molar-refractivity contribution in [3.05, 3.63) is 74.5 Å². The summed E-state index contributed by atoms with van der Waals surface area (Å²) in [7, 11) is 0. The maximum absolute atomic E-state index is 15.6. The lowest BCUT2D eigenvalue weighted by atomic mass is 9.95. The number of carbonyl (C=O) groups is 1. The van der Waals surface area contributed by atoms with Crippen LogP contribution in [0.5, 0.6) is 5.75 Å². The van der Waals surface area contributed by atoms with E-state index >= 15 is 8.78 Å². The van der Waals surface area contributed by atoms with Crippen molar-refractivity contribution >= 4 is 46.8 Å². The first kappa shape index (κ1) is 34.0. The van der Waals surface area contributed by atoms with Crippen molar-refractivity contribution in [1.82, 2.24) is 14.6 Å². The Morgan fingerprint density at radius 3 is 2.52 bits per heavy atom. The molecular formula is C26H27ClF4N3O8PS. The molecular weight excluding hydrogens is 657 g/mol. The number of aromatic nitrogens is 2. The predicted octanol–water partition coefficient (Wildman–Crippen LogP) is 4.12. The van der Waals surface area contributed by atoms with Crippen molar-refractivity contribution in [2.75, 3.05) is 6.61 Å². The number of hydrogen-bond donors (Lipinski definition) is 3. The molecule has 5 unspecified atom stereocenters. The maximum Gasteiger partial charge on any atom is 0.330 e. The third-order valence-corrected chi connectivity index (χ3v) is 9.30. The lowest BCUT2D eigenvalue weighted by molar-refractivity contribution is -0.241. The zero-order valence-electron chi connectivity index (χ0n) is 23.2. The van der Waals surface area contributed by atoms with E-state index in [1.807, 2.05) is 0 Å². The molecule has 0 saturated carbocycles. The second-order valence-corrected chi connectivity index (χ2v) is 13.6. The van der Waals surface area contributed by atoms with Gasteiger partial charge < -0.3 is 23.6 Å². The standard InChI is InChI=1S/C26H27ClF4N3O8PS/c1-13(2)40-22(37)14(3)33-43(44,42-18-10-6-8-15-7-4-5-9-16(15)18)39-12-25(23(28)29)26(30,31)19(35)21(41-25)34-11-17(27)20(36)32-24(34)38/h4-11,13-14,19,21,23,35H,12H2,1-3H3,(H,33,44)(H,32,36,38). The number of aliphatic hydroxyl groups excluding tert-OH is 1. The Morgan fingerprint density at radius 2 is 1.86 bits per heavy atom. The summed E-state index contributed by atoms with van der Waals surface area (Å²) in [6.07, 6.45) is -9.48. The first-order valence-electron chi connectivity index (χ1n) is 12.9. The highest BCUT2D eigenvalue weighted by Crippen LogP contribution is 2.55. The number of nitrogens with one attached hydrogen (secondary N) is 2. The van der Waals surface area contributed by atoms with E-state index in [-0.39, 0.29) is 10.3 Å². The van der Waals surface area contributed by atoms with Gasteiger partial charge in [0.15, 0.2) is 12.3 Å². The molecule has 4 rings (SSSR count). The summed E-state index contributed by atoms with van der Waals surface area (Å²) in [4.78, 5) is 38.2. The molecule has 0 amide bonds. The molecule has 3 aromatic rings. The third-order valence-electron chi connectivity index (χ3n) is 6.56. The van der Waals surface area contributed by atoms with Crippen LogP contribution in [0.3, 0.4) is 0 Å². The summed E-state index contributed by atoms with van der Waals surface area (Å²) in [5.41, 5.74) is -6.35. The van der Waals surface area contributed by atoms with Gasteiger partial charge in [-0.2, -0.15) is 8.78 Å². The number of ether oxygens (including phenoxy) is 2. The second-order valence-electron chi connectivity index (χ2n) is 10.1. The molecule has 3 N–H and O–H groups in total. The van der Waals surface area contributed by atoms with Crippen LogP contribution in [-0.2, 0) is 30.6 Å². The Morgan fingerprint density at radius 1 is 1.20 bits per heavy atom. The van der Waals surface area contributed by atoms with Gasteiger partial charge in [-0.05, 0) is 44.0 Å². The van der Waals surface area contributed by atoms with E-state index in [9.17, 15) is 28.3 Å². The molecule has 1 aliphatic heterocycles. The number of halogens is 5. The molecule has 1 saturated heterocycles. The van der Waals surface area contributed by atoms with E-state index in [0.29, 0.717) is 17.0 Å². The average molecular weight is 684 g/mol. The third kappa shape index (κ3) is 6.57. The first-order chi connectivity index (χ1) is 20.5. The van der Waals surface area contributed by atoms with Crippen molar-refractivity contribution in [3.63, 3.8) is 0 Å². The molecule has 18 heteroatoms. The minimum Gasteiger partial charge on any atom is -0.462 e. The summed E-state index contributed by atoms with van der Waals surface area (Å²) in [6, 6.07) is 10.4. The molecule has 2 heterocycles. The van der Waals surface area contributed by atoms with Crippen molar-refractivity contribution < 1.29 is 46.0 Å². The largest absolute Gasteiger partial charge is 0.462 e. The predicted molar refractivity (Wildman–Crippen MR) is 155 cm³/mol. The van der Waals surface area contributed by atoms with Crippen LogP contribution in [0, 0.1) is 0 Å². The van der Waals surface area contributed by atoms with E-state index in [2.05, 4.69) is 5.09 Å². The van der Waals surface area contributed by atoms with Gasteiger partial charge in [0.25, 0.3) is 12.0 Å². The van der Waals surface area contributed by atoms with Crippen LogP contribution < -0.4 is 20.9 Å². The molecule has 11 nitrogen and oxygen atoms in total. The zero-order valence-corrected chi connectivity index (χ0v) is 25.7. The lowest BCUT2D eigenvalue weighted by Gasteiger charge is -2.35. The molecule has 1 fully saturated rings. The summed E-state index contributed by atoms with van der Waals surface area (Å²) in [5.74, 6) is -5.51. The smallest absolute Gasteiger partial charge is 0.330 e. The number of benzene rings is 2. The van der Waals surface area contributed by atoms with Crippen LogP contribution >= 0.6 is 18.2 Å². The van der Waals surface area contributed by atoms with E-state index < -0.39 is 77.9 Å². The van der Waals surface area contributed by atoms with Gasteiger partial charge in [-0.15, -0.1) is 0 Å². The van der Waals surface area contributed by atoms with Gasteiger partial charge in [0.2, 0.25) is 5.60 Å². The van der Waals surface area contributed by atoms with E-state index in [1.54, 1.807) is 55.2 Å². The van der Waals surface area contributed by atoms with Crippen LogP contribution in [-0.4, -0.2) is 63.4 Å². The van der Waals surface area contributed by atoms with Crippen molar-refractivity contribution in [3.8, 4) is 5.75 Å². The molecule has 2 aromatic carbocycles. The normalized spacial score (nSPS) is 23.5. The molecule has 44 heavy (non-hydrogen) atoms. The maximum atomic E-state index is 15.6.